The molecule has 114 valence electrons. The topological polar surface area (TPSA) is 49.6 Å². The average molecular weight is 295 g/mol. The van der Waals surface area contributed by atoms with Gasteiger partial charge in [0.1, 0.15) is 0 Å². The minimum atomic E-state index is -0.376. The Hall–Kier alpha value is -2.33. The molecule has 22 heavy (non-hydrogen) atoms. The third-order valence-corrected chi connectivity index (χ3v) is 4.14. The molecule has 1 fully saturated rings. The van der Waals surface area contributed by atoms with E-state index in [1.807, 2.05) is 12.1 Å². The molecule has 2 aromatic rings. The van der Waals surface area contributed by atoms with Crippen molar-refractivity contribution in [3.05, 3.63) is 65.7 Å². The van der Waals surface area contributed by atoms with Crippen LogP contribution in [0.3, 0.4) is 0 Å². The molecule has 2 aromatic carbocycles. The van der Waals surface area contributed by atoms with Crippen LogP contribution in [0.5, 0.6) is 0 Å². The first-order valence-electron chi connectivity index (χ1n) is 7.63. The van der Waals surface area contributed by atoms with Crippen molar-refractivity contribution in [1.29, 1.82) is 0 Å². The van der Waals surface area contributed by atoms with Crippen LogP contribution in [-0.2, 0) is 6.54 Å². The lowest BCUT2D eigenvalue weighted by molar-refractivity contribution is 0.100. The zero-order valence-electron chi connectivity index (χ0n) is 12.6. The van der Waals surface area contributed by atoms with Crippen molar-refractivity contribution in [3.8, 4) is 0 Å². The molecule has 0 aliphatic carbocycles. The summed E-state index contributed by atoms with van der Waals surface area (Å²) < 4.78 is 0. The second kappa shape index (κ2) is 6.62. The van der Waals surface area contributed by atoms with Crippen molar-refractivity contribution in [2.75, 3.05) is 31.1 Å². The Morgan fingerprint density at radius 1 is 0.909 bits per heavy atom. The van der Waals surface area contributed by atoms with Crippen molar-refractivity contribution in [1.82, 2.24) is 4.90 Å². The number of nitrogens with zero attached hydrogens (tertiary/aromatic N) is 2. The van der Waals surface area contributed by atoms with Crippen LogP contribution in [0.4, 0.5) is 5.69 Å². The van der Waals surface area contributed by atoms with Gasteiger partial charge in [0.15, 0.2) is 0 Å². The minimum absolute atomic E-state index is 0.376. The maximum Gasteiger partial charge on any atom is 0.248 e. The lowest BCUT2D eigenvalue weighted by Crippen LogP contribution is -2.45. The molecule has 4 nitrogen and oxygen atoms in total. The van der Waals surface area contributed by atoms with Crippen LogP contribution in [-0.4, -0.2) is 37.0 Å². The van der Waals surface area contributed by atoms with Crippen LogP contribution >= 0.6 is 0 Å². The zero-order chi connectivity index (χ0) is 15.4. The smallest absolute Gasteiger partial charge is 0.248 e. The van der Waals surface area contributed by atoms with Crippen molar-refractivity contribution in [3.63, 3.8) is 0 Å². The molecule has 1 saturated heterocycles. The van der Waals surface area contributed by atoms with E-state index in [9.17, 15) is 4.79 Å². The fraction of sp³-hybridized carbons (Fsp3) is 0.278. The zero-order valence-corrected chi connectivity index (χ0v) is 12.6. The van der Waals surface area contributed by atoms with Crippen LogP contribution < -0.4 is 10.6 Å². The largest absolute Gasteiger partial charge is 0.369 e. The standard InChI is InChI=1S/C18H21N3O/c19-18(22)16-6-8-17(9-7-16)21-12-10-20(11-13-21)14-15-4-2-1-3-5-15/h1-9H,10-14H2,(H2,19,22). The number of benzene rings is 2. The highest BCUT2D eigenvalue weighted by Gasteiger charge is 2.17. The van der Waals surface area contributed by atoms with Crippen LogP contribution in [0.2, 0.25) is 0 Å². The molecule has 0 radical (unpaired) electrons. The van der Waals surface area contributed by atoms with E-state index in [1.165, 1.54) is 5.56 Å². The van der Waals surface area contributed by atoms with Crippen molar-refractivity contribution in [2.45, 2.75) is 6.54 Å². The van der Waals surface area contributed by atoms with Crippen molar-refractivity contribution >= 4 is 11.6 Å². The second-order valence-electron chi connectivity index (χ2n) is 5.66. The predicted octanol–water partition coefficient (Wildman–Crippen LogP) is 2.11. The van der Waals surface area contributed by atoms with Gasteiger partial charge >= 0.3 is 0 Å². The number of rotatable bonds is 4. The summed E-state index contributed by atoms with van der Waals surface area (Å²) in [5, 5.41) is 0. The molecular weight excluding hydrogens is 274 g/mol. The summed E-state index contributed by atoms with van der Waals surface area (Å²) in [6.45, 7) is 5.11. The number of anilines is 1. The normalized spacial score (nSPS) is 15.7. The van der Waals surface area contributed by atoms with Crippen LogP contribution in [0.15, 0.2) is 54.6 Å². The summed E-state index contributed by atoms with van der Waals surface area (Å²) in [7, 11) is 0. The minimum Gasteiger partial charge on any atom is -0.369 e. The SMILES string of the molecule is NC(=O)c1ccc(N2CCN(Cc3ccccc3)CC2)cc1. The van der Waals surface area contributed by atoms with Gasteiger partial charge in [0.2, 0.25) is 5.91 Å². The van der Waals surface area contributed by atoms with Gasteiger partial charge in [-0.25, -0.2) is 0 Å². The third kappa shape index (κ3) is 3.46. The number of nitrogens with two attached hydrogens (primary N) is 1. The predicted molar refractivity (Wildman–Crippen MR) is 88.9 cm³/mol. The molecule has 0 unspecified atom stereocenters. The second-order valence-corrected chi connectivity index (χ2v) is 5.66. The van der Waals surface area contributed by atoms with Gasteiger partial charge in [-0.1, -0.05) is 30.3 Å². The Morgan fingerprint density at radius 3 is 2.14 bits per heavy atom. The van der Waals surface area contributed by atoms with E-state index in [0.717, 1.165) is 38.4 Å². The first-order chi connectivity index (χ1) is 10.7. The van der Waals surface area contributed by atoms with E-state index in [0.29, 0.717) is 5.56 Å². The fourth-order valence-electron chi connectivity index (χ4n) is 2.84. The number of carbonyl (C=O) groups excluding carboxylic acids is 1. The lowest BCUT2D eigenvalue weighted by atomic mass is 10.1. The maximum absolute atomic E-state index is 11.1. The van der Waals surface area contributed by atoms with Gasteiger partial charge < -0.3 is 10.6 Å². The number of piperazine rings is 1. The van der Waals surface area contributed by atoms with Crippen LogP contribution in [0.25, 0.3) is 0 Å². The average Bonchev–Trinajstić information content (AvgIpc) is 2.57. The molecule has 1 aliphatic heterocycles. The molecule has 4 heteroatoms. The summed E-state index contributed by atoms with van der Waals surface area (Å²) in [5.41, 5.74) is 8.36. The summed E-state index contributed by atoms with van der Waals surface area (Å²) in [6.07, 6.45) is 0. The molecule has 0 bridgehead atoms. The molecular formula is C18H21N3O. The molecule has 1 aliphatic rings. The van der Waals surface area contributed by atoms with E-state index in [1.54, 1.807) is 12.1 Å². The van der Waals surface area contributed by atoms with Crippen molar-refractivity contribution < 1.29 is 4.79 Å². The Kier molecular flexibility index (Phi) is 4.39. The van der Waals surface area contributed by atoms with E-state index in [2.05, 4.69) is 40.1 Å². The summed E-state index contributed by atoms with van der Waals surface area (Å²) in [6, 6.07) is 18.1. The highest BCUT2D eigenvalue weighted by molar-refractivity contribution is 5.93. The van der Waals surface area contributed by atoms with Crippen molar-refractivity contribution in [2.24, 2.45) is 5.73 Å². The van der Waals surface area contributed by atoms with Gasteiger partial charge in [-0.05, 0) is 29.8 Å². The Morgan fingerprint density at radius 2 is 1.55 bits per heavy atom. The first kappa shape index (κ1) is 14.6. The summed E-state index contributed by atoms with van der Waals surface area (Å²) in [4.78, 5) is 15.9. The molecule has 0 atom stereocenters. The fourth-order valence-corrected chi connectivity index (χ4v) is 2.84. The van der Waals surface area contributed by atoms with E-state index >= 15 is 0 Å². The molecule has 3 rings (SSSR count). The molecule has 1 amide bonds. The van der Waals surface area contributed by atoms with E-state index in [-0.39, 0.29) is 5.91 Å². The highest BCUT2D eigenvalue weighted by Crippen LogP contribution is 2.18. The molecule has 0 aromatic heterocycles. The Bertz CT molecular complexity index is 617. The van der Waals surface area contributed by atoms with Gasteiger partial charge in [0.25, 0.3) is 0 Å². The summed E-state index contributed by atoms with van der Waals surface area (Å²) in [5.74, 6) is -0.376. The van der Waals surface area contributed by atoms with Gasteiger partial charge in [-0.2, -0.15) is 0 Å². The van der Waals surface area contributed by atoms with Gasteiger partial charge in [-0.15, -0.1) is 0 Å². The molecule has 2 N–H and O–H groups in total. The Balaban J connectivity index is 1.56. The number of primary amides is 1. The van der Waals surface area contributed by atoms with Crippen LogP contribution in [0.1, 0.15) is 15.9 Å². The molecule has 1 heterocycles. The third-order valence-electron chi connectivity index (χ3n) is 4.14. The van der Waals surface area contributed by atoms with Gasteiger partial charge in [0.05, 0.1) is 0 Å². The van der Waals surface area contributed by atoms with E-state index < -0.39 is 0 Å². The lowest BCUT2D eigenvalue weighted by Gasteiger charge is -2.36. The number of hydrogen-bond acceptors (Lipinski definition) is 3. The quantitative estimate of drug-likeness (QED) is 0.940. The van der Waals surface area contributed by atoms with Gasteiger partial charge in [-0.3, -0.25) is 9.69 Å². The van der Waals surface area contributed by atoms with Crippen LogP contribution in [0, 0.1) is 0 Å². The molecule has 0 spiro atoms. The first-order valence-corrected chi connectivity index (χ1v) is 7.63. The maximum atomic E-state index is 11.1. The summed E-state index contributed by atoms with van der Waals surface area (Å²) >= 11 is 0. The number of carbonyl (C=O) groups is 1. The van der Waals surface area contributed by atoms with E-state index in [4.69, 9.17) is 5.73 Å². The van der Waals surface area contributed by atoms with Gasteiger partial charge in [0, 0.05) is 44.0 Å². The number of hydrogen-bond donors (Lipinski definition) is 1. The number of amides is 1. The molecule has 0 saturated carbocycles. The monoisotopic (exact) mass is 295 g/mol. The highest BCUT2D eigenvalue weighted by atomic mass is 16.1. The Labute approximate surface area is 131 Å².